The molecule has 1 aromatic heterocycles. The van der Waals surface area contributed by atoms with Crippen LogP contribution in [0.15, 0.2) is 22.8 Å². The van der Waals surface area contributed by atoms with Crippen LogP contribution in [0.2, 0.25) is 0 Å². The van der Waals surface area contributed by atoms with Gasteiger partial charge in [-0.2, -0.15) is 0 Å². The normalized spacial score (nSPS) is 16.2. The highest BCUT2D eigenvalue weighted by Crippen LogP contribution is 2.29. The third kappa shape index (κ3) is 3.84. The predicted molar refractivity (Wildman–Crippen MR) is 70.0 cm³/mol. The average molecular weight is 264 g/mol. The Hall–Kier alpha value is -1.78. The zero-order valence-electron chi connectivity index (χ0n) is 11.3. The van der Waals surface area contributed by atoms with Crippen LogP contribution >= 0.6 is 0 Å². The fourth-order valence-corrected chi connectivity index (χ4v) is 1.85. The molecular formula is C14H20N2O3. The Bertz CT molecular complexity index is 436. The second-order valence-electron chi connectivity index (χ2n) is 5.30. The van der Waals surface area contributed by atoms with Crippen LogP contribution in [0.5, 0.6) is 0 Å². The Morgan fingerprint density at radius 2 is 2.16 bits per heavy atom. The number of rotatable bonds is 6. The second-order valence-corrected chi connectivity index (χ2v) is 5.30. The maximum absolute atomic E-state index is 12.1. The third-order valence-electron chi connectivity index (χ3n) is 3.21. The Labute approximate surface area is 112 Å². The summed E-state index contributed by atoms with van der Waals surface area (Å²) < 4.78 is 5.15. The van der Waals surface area contributed by atoms with Gasteiger partial charge in [0.05, 0.1) is 12.8 Å². The van der Waals surface area contributed by atoms with Crippen molar-refractivity contribution in [3.05, 3.63) is 24.2 Å². The molecule has 1 atom stereocenters. The number of hydrogen-bond acceptors (Lipinski definition) is 3. The molecule has 0 unspecified atom stereocenters. The summed E-state index contributed by atoms with van der Waals surface area (Å²) >= 11 is 0. The first-order valence-corrected chi connectivity index (χ1v) is 6.68. The van der Waals surface area contributed by atoms with E-state index < -0.39 is 6.04 Å². The van der Waals surface area contributed by atoms with Gasteiger partial charge in [0, 0.05) is 5.92 Å². The molecule has 1 aromatic rings. The molecule has 0 saturated heterocycles. The largest absolute Gasteiger partial charge is 0.467 e. The lowest BCUT2D eigenvalue weighted by Crippen LogP contribution is -2.49. The number of carbonyl (C=O) groups excluding carboxylic acids is 2. The van der Waals surface area contributed by atoms with Crippen molar-refractivity contribution in [3.63, 3.8) is 0 Å². The summed E-state index contributed by atoms with van der Waals surface area (Å²) in [6.45, 7) is 4.18. The molecule has 5 heteroatoms. The summed E-state index contributed by atoms with van der Waals surface area (Å²) in [5.74, 6) is 0.690. The molecule has 1 saturated carbocycles. The molecule has 0 radical (unpaired) electrons. The topological polar surface area (TPSA) is 71.3 Å². The van der Waals surface area contributed by atoms with Gasteiger partial charge in [0.1, 0.15) is 11.8 Å². The quantitative estimate of drug-likeness (QED) is 0.817. The average Bonchev–Trinajstić information content (AvgIpc) is 3.10. The van der Waals surface area contributed by atoms with Crippen LogP contribution in [0.25, 0.3) is 0 Å². The molecular weight excluding hydrogens is 244 g/mol. The predicted octanol–water partition coefficient (Wildman–Crippen LogP) is 1.45. The van der Waals surface area contributed by atoms with E-state index in [1.165, 1.54) is 0 Å². The van der Waals surface area contributed by atoms with E-state index in [0.29, 0.717) is 12.3 Å². The maximum Gasteiger partial charge on any atom is 0.243 e. The van der Waals surface area contributed by atoms with Crippen LogP contribution in [0.1, 0.15) is 32.4 Å². The van der Waals surface area contributed by atoms with E-state index in [1.54, 1.807) is 18.4 Å². The Morgan fingerprint density at radius 1 is 1.42 bits per heavy atom. The number of hydrogen-bond donors (Lipinski definition) is 2. The van der Waals surface area contributed by atoms with Crippen molar-refractivity contribution in [1.82, 2.24) is 10.6 Å². The highest BCUT2D eigenvalue weighted by Gasteiger charge is 2.33. The molecule has 1 fully saturated rings. The summed E-state index contributed by atoms with van der Waals surface area (Å²) in [5.41, 5.74) is 0. The van der Waals surface area contributed by atoms with Gasteiger partial charge in [-0.3, -0.25) is 9.59 Å². The molecule has 1 heterocycles. The van der Waals surface area contributed by atoms with Crippen LogP contribution < -0.4 is 10.6 Å². The van der Waals surface area contributed by atoms with Gasteiger partial charge in [0.25, 0.3) is 0 Å². The molecule has 0 bridgehead atoms. The minimum Gasteiger partial charge on any atom is -0.467 e. The zero-order chi connectivity index (χ0) is 13.8. The van der Waals surface area contributed by atoms with Gasteiger partial charge < -0.3 is 15.1 Å². The van der Waals surface area contributed by atoms with Crippen LogP contribution in [0.4, 0.5) is 0 Å². The van der Waals surface area contributed by atoms with E-state index in [1.807, 2.05) is 13.8 Å². The fraction of sp³-hybridized carbons (Fsp3) is 0.571. The number of carbonyl (C=O) groups is 2. The Balaban J connectivity index is 1.86. The zero-order valence-corrected chi connectivity index (χ0v) is 11.3. The van der Waals surface area contributed by atoms with Crippen molar-refractivity contribution in [1.29, 1.82) is 0 Å². The van der Waals surface area contributed by atoms with Gasteiger partial charge >= 0.3 is 0 Å². The molecule has 0 spiro atoms. The summed E-state index contributed by atoms with van der Waals surface area (Å²) in [6.07, 6.45) is 3.44. The van der Waals surface area contributed by atoms with Crippen molar-refractivity contribution in [3.8, 4) is 0 Å². The van der Waals surface area contributed by atoms with Crippen molar-refractivity contribution >= 4 is 11.8 Å². The van der Waals surface area contributed by atoms with Gasteiger partial charge in [0.2, 0.25) is 11.8 Å². The molecule has 104 valence electrons. The van der Waals surface area contributed by atoms with E-state index in [0.717, 1.165) is 12.8 Å². The number of amides is 2. The molecule has 1 aliphatic carbocycles. The lowest BCUT2D eigenvalue weighted by Gasteiger charge is -2.21. The highest BCUT2D eigenvalue weighted by atomic mass is 16.3. The van der Waals surface area contributed by atoms with E-state index in [2.05, 4.69) is 10.6 Å². The number of nitrogens with one attached hydrogen (secondary N) is 2. The minimum absolute atomic E-state index is 0.00755. The molecule has 2 N–H and O–H groups in total. The SMILES string of the molecule is CC(C)[C@H](NC(=O)C1CC1)C(=O)NCc1ccco1. The number of furan rings is 1. The van der Waals surface area contributed by atoms with E-state index >= 15 is 0 Å². The Kier molecular flexibility index (Phi) is 4.24. The first kappa shape index (κ1) is 13.6. The summed E-state index contributed by atoms with van der Waals surface area (Å²) in [7, 11) is 0. The van der Waals surface area contributed by atoms with Crippen LogP contribution in [-0.2, 0) is 16.1 Å². The van der Waals surface area contributed by atoms with Crippen LogP contribution in [0.3, 0.4) is 0 Å². The van der Waals surface area contributed by atoms with Gasteiger partial charge in [-0.1, -0.05) is 13.8 Å². The molecule has 0 aromatic carbocycles. The highest BCUT2D eigenvalue weighted by molar-refractivity contribution is 5.89. The van der Waals surface area contributed by atoms with Crippen molar-refractivity contribution < 1.29 is 14.0 Å². The maximum atomic E-state index is 12.1. The first-order chi connectivity index (χ1) is 9.08. The molecule has 0 aliphatic heterocycles. The van der Waals surface area contributed by atoms with Gasteiger partial charge in [-0.25, -0.2) is 0 Å². The molecule has 19 heavy (non-hydrogen) atoms. The Morgan fingerprint density at radius 3 is 2.68 bits per heavy atom. The van der Waals surface area contributed by atoms with Crippen LogP contribution in [0, 0.1) is 11.8 Å². The third-order valence-corrected chi connectivity index (χ3v) is 3.21. The standard InChI is InChI=1S/C14H20N2O3/c1-9(2)12(16-13(17)10-5-6-10)14(18)15-8-11-4-3-7-19-11/h3-4,7,9-10,12H,5-6,8H2,1-2H3,(H,15,18)(H,16,17)/t12-/m0/s1. The minimum atomic E-state index is -0.483. The van der Waals surface area contributed by atoms with Gasteiger partial charge in [-0.15, -0.1) is 0 Å². The van der Waals surface area contributed by atoms with Crippen molar-refractivity contribution in [2.75, 3.05) is 0 Å². The lowest BCUT2D eigenvalue weighted by atomic mass is 10.0. The summed E-state index contributed by atoms with van der Waals surface area (Å²) in [6, 6.07) is 3.09. The van der Waals surface area contributed by atoms with Gasteiger partial charge in [-0.05, 0) is 30.9 Å². The molecule has 2 rings (SSSR count). The van der Waals surface area contributed by atoms with Crippen molar-refractivity contribution in [2.24, 2.45) is 11.8 Å². The van der Waals surface area contributed by atoms with E-state index in [-0.39, 0.29) is 23.7 Å². The second kappa shape index (κ2) is 5.91. The van der Waals surface area contributed by atoms with Crippen LogP contribution in [-0.4, -0.2) is 17.9 Å². The first-order valence-electron chi connectivity index (χ1n) is 6.68. The molecule has 5 nitrogen and oxygen atoms in total. The van der Waals surface area contributed by atoms with E-state index in [9.17, 15) is 9.59 Å². The fourth-order valence-electron chi connectivity index (χ4n) is 1.85. The molecule has 1 aliphatic rings. The monoisotopic (exact) mass is 264 g/mol. The molecule has 2 amide bonds. The smallest absolute Gasteiger partial charge is 0.243 e. The van der Waals surface area contributed by atoms with Gasteiger partial charge in [0.15, 0.2) is 0 Å². The summed E-state index contributed by atoms with van der Waals surface area (Å²) in [5, 5.41) is 5.61. The van der Waals surface area contributed by atoms with Crippen molar-refractivity contribution in [2.45, 2.75) is 39.3 Å². The summed E-state index contributed by atoms with van der Waals surface area (Å²) in [4.78, 5) is 23.8. The van der Waals surface area contributed by atoms with E-state index in [4.69, 9.17) is 4.42 Å². The lowest BCUT2D eigenvalue weighted by molar-refractivity contribution is -0.130.